The Morgan fingerprint density at radius 1 is 1.05 bits per heavy atom. The van der Waals surface area contributed by atoms with Crippen molar-refractivity contribution in [2.75, 3.05) is 38.8 Å². The zero-order valence-corrected chi connectivity index (χ0v) is 25.5. The molecule has 1 N–H and O–H groups in total. The van der Waals surface area contributed by atoms with E-state index in [-0.39, 0.29) is 36.7 Å². The van der Waals surface area contributed by atoms with Gasteiger partial charge in [0.1, 0.15) is 23.9 Å². The maximum absolute atomic E-state index is 13.5. The molecule has 0 radical (unpaired) electrons. The standard InChI is InChI=1S/C31H34ClN7O5/c1-21(23-9-10-25(42-2)26(15-23)43-3)34-29(40)16-24-18-37(31(41)44-19-22-7-5-4-6-8-22)13-14-39(24)28-17-27(32)35-30(36-28)38-12-11-33-20-38/h4-12,15,17,20-21,24H,13-14,16,18-19H2,1-3H3,(H,34,40). The zero-order chi connectivity index (χ0) is 31.1. The van der Waals surface area contributed by atoms with E-state index in [1.807, 2.05) is 54.3 Å². The number of nitrogens with zero attached hydrogens (tertiary/aromatic N) is 6. The van der Waals surface area contributed by atoms with Crippen LogP contribution < -0.4 is 19.7 Å². The Morgan fingerprint density at radius 3 is 2.57 bits per heavy atom. The highest BCUT2D eigenvalue weighted by Crippen LogP contribution is 2.30. The highest BCUT2D eigenvalue weighted by molar-refractivity contribution is 6.29. The van der Waals surface area contributed by atoms with Gasteiger partial charge < -0.3 is 29.3 Å². The molecule has 5 rings (SSSR count). The Morgan fingerprint density at radius 2 is 1.84 bits per heavy atom. The number of aromatic nitrogens is 4. The number of rotatable bonds is 10. The number of imidazole rings is 1. The molecule has 44 heavy (non-hydrogen) atoms. The van der Waals surface area contributed by atoms with Gasteiger partial charge >= 0.3 is 6.09 Å². The monoisotopic (exact) mass is 619 g/mol. The van der Waals surface area contributed by atoms with Gasteiger partial charge in [-0.05, 0) is 30.2 Å². The maximum atomic E-state index is 13.5. The van der Waals surface area contributed by atoms with Gasteiger partial charge in [0.15, 0.2) is 11.5 Å². The molecule has 1 saturated heterocycles. The molecule has 1 aliphatic rings. The van der Waals surface area contributed by atoms with E-state index >= 15 is 0 Å². The van der Waals surface area contributed by atoms with E-state index in [0.29, 0.717) is 36.4 Å². The molecule has 2 unspecified atom stereocenters. The van der Waals surface area contributed by atoms with Crippen LogP contribution in [0.1, 0.15) is 30.5 Å². The Hall–Kier alpha value is -4.84. The van der Waals surface area contributed by atoms with Crippen molar-refractivity contribution in [2.45, 2.75) is 32.0 Å². The van der Waals surface area contributed by atoms with Crippen molar-refractivity contribution < 1.29 is 23.8 Å². The predicted octanol–water partition coefficient (Wildman–Crippen LogP) is 4.43. The molecule has 0 bridgehead atoms. The van der Waals surface area contributed by atoms with Gasteiger partial charge in [-0.25, -0.2) is 14.8 Å². The highest BCUT2D eigenvalue weighted by atomic mass is 35.5. The third kappa shape index (κ3) is 7.38. The Labute approximate surface area is 260 Å². The maximum Gasteiger partial charge on any atom is 0.410 e. The molecule has 0 saturated carbocycles. The number of carbonyl (C=O) groups excluding carboxylic acids is 2. The lowest BCUT2D eigenvalue weighted by atomic mass is 10.1. The molecule has 0 spiro atoms. The van der Waals surface area contributed by atoms with Gasteiger partial charge in [0.05, 0.1) is 26.3 Å². The minimum Gasteiger partial charge on any atom is -0.493 e. The number of hydrogen-bond acceptors (Lipinski definition) is 9. The first-order valence-electron chi connectivity index (χ1n) is 14.1. The Bertz CT molecular complexity index is 1570. The van der Waals surface area contributed by atoms with Gasteiger partial charge in [0.2, 0.25) is 11.9 Å². The molecule has 2 atom stereocenters. The topological polar surface area (TPSA) is 124 Å². The summed E-state index contributed by atoms with van der Waals surface area (Å²) in [6.45, 7) is 3.07. The fourth-order valence-electron chi connectivity index (χ4n) is 5.06. The van der Waals surface area contributed by atoms with Crippen LogP contribution in [0.2, 0.25) is 5.15 Å². The third-order valence-corrected chi connectivity index (χ3v) is 7.54. The molecular formula is C31H34ClN7O5. The number of methoxy groups -OCH3 is 2. The Kier molecular flexibility index (Phi) is 9.80. The van der Waals surface area contributed by atoms with Gasteiger partial charge in [-0.15, -0.1) is 0 Å². The molecule has 2 aromatic heterocycles. The number of ether oxygens (including phenoxy) is 3. The number of carbonyl (C=O) groups is 2. The summed E-state index contributed by atoms with van der Waals surface area (Å²) in [4.78, 5) is 43.2. The van der Waals surface area contributed by atoms with Crippen LogP contribution in [0.25, 0.3) is 5.95 Å². The van der Waals surface area contributed by atoms with E-state index in [1.54, 1.807) is 54.5 Å². The third-order valence-electron chi connectivity index (χ3n) is 7.35. The van der Waals surface area contributed by atoms with Crippen molar-refractivity contribution in [3.8, 4) is 17.4 Å². The fourth-order valence-corrected chi connectivity index (χ4v) is 5.24. The van der Waals surface area contributed by atoms with Crippen LogP contribution in [0.5, 0.6) is 11.5 Å². The van der Waals surface area contributed by atoms with E-state index in [2.05, 4.69) is 15.3 Å². The summed E-state index contributed by atoms with van der Waals surface area (Å²) in [6.07, 6.45) is 4.56. The fraction of sp³-hybridized carbons (Fsp3) is 0.323. The summed E-state index contributed by atoms with van der Waals surface area (Å²) >= 11 is 6.41. The second-order valence-electron chi connectivity index (χ2n) is 10.3. The molecule has 0 aliphatic carbocycles. The number of anilines is 1. The lowest BCUT2D eigenvalue weighted by Gasteiger charge is -2.41. The van der Waals surface area contributed by atoms with E-state index in [0.717, 1.165) is 11.1 Å². The van der Waals surface area contributed by atoms with E-state index < -0.39 is 12.1 Å². The zero-order valence-electron chi connectivity index (χ0n) is 24.7. The molecule has 2 amide bonds. The quantitative estimate of drug-likeness (QED) is 0.257. The van der Waals surface area contributed by atoms with Crippen LogP contribution in [0.4, 0.5) is 10.6 Å². The van der Waals surface area contributed by atoms with Gasteiger partial charge in [-0.2, -0.15) is 4.98 Å². The number of hydrogen-bond donors (Lipinski definition) is 1. The summed E-state index contributed by atoms with van der Waals surface area (Å²) in [5.41, 5.74) is 1.75. The highest BCUT2D eigenvalue weighted by Gasteiger charge is 2.33. The number of nitrogens with one attached hydrogen (secondary N) is 1. The smallest absolute Gasteiger partial charge is 0.410 e. The van der Waals surface area contributed by atoms with E-state index in [1.165, 1.54) is 0 Å². The second kappa shape index (κ2) is 14.1. The number of benzene rings is 2. The summed E-state index contributed by atoms with van der Waals surface area (Å²) in [5, 5.41) is 3.32. The number of amides is 2. The van der Waals surface area contributed by atoms with Crippen molar-refractivity contribution in [3.05, 3.63) is 89.6 Å². The minimum absolute atomic E-state index is 0.0854. The van der Waals surface area contributed by atoms with Crippen molar-refractivity contribution in [1.29, 1.82) is 0 Å². The van der Waals surface area contributed by atoms with Gasteiger partial charge in [0.25, 0.3) is 0 Å². The minimum atomic E-state index is -0.447. The van der Waals surface area contributed by atoms with Gasteiger partial charge in [0, 0.05) is 44.5 Å². The first-order chi connectivity index (χ1) is 21.3. The lowest BCUT2D eigenvalue weighted by molar-refractivity contribution is -0.122. The molecule has 3 heterocycles. The number of piperazine rings is 1. The summed E-state index contributed by atoms with van der Waals surface area (Å²) in [7, 11) is 3.14. The molecule has 12 nitrogen and oxygen atoms in total. The average molecular weight is 620 g/mol. The largest absolute Gasteiger partial charge is 0.493 e. The molecule has 230 valence electrons. The van der Waals surface area contributed by atoms with Crippen LogP contribution in [0.3, 0.4) is 0 Å². The van der Waals surface area contributed by atoms with Crippen LogP contribution in [-0.4, -0.2) is 76.3 Å². The first-order valence-corrected chi connectivity index (χ1v) is 14.5. The average Bonchev–Trinajstić information content (AvgIpc) is 3.59. The number of halogens is 1. The molecule has 1 fully saturated rings. The van der Waals surface area contributed by atoms with Crippen LogP contribution >= 0.6 is 11.6 Å². The first kappa shape index (κ1) is 30.6. The van der Waals surface area contributed by atoms with Crippen LogP contribution in [-0.2, 0) is 16.1 Å². The van der Waals surface area contributed by atoms with Crippen molar-refractivity contribution in [3.63, 3.8) is 0 Å². The molecule has 1 aliphatic heterocycles. The predicted molar refractivity (Wildman–Crippen MR) is 164 cm³/mol. The van der Waals surface area contributed by atoms with E-state index in [4.69, 9.17) is 30.8 Å². The summed E-state index contributed by atoms with van der Waals surface area (Å²) in [5.74, 6) is 1.86. The van der Waals surface area contributed by atoms with Crippen LogP contribution in [0.15, 0.2) is 73.3 Å². The Balaban J connectivity index is 1.34. The molecular weight excluding hydrogens is 586 g/mol. The summed E-state index contributed by atoms with van der Waals surface area (Å²) < 4.78 is 18.0. The lowest BCUT2D eigenvalue weighted by Crippen LogP contribution is -2.56. The van der Waals surface area contributed by atoms with Crippen molar-refractivity contribution >= 4 is 29.4 Å². The SMILES string of the molecule is COc1ccc(C(C)NC(=O)CC2CN(C(=O)OCc3ccccc3)CCN2c2cc(Cl)nc(-n3ccnc3)n2)cc1OC. The van der Waals surface area contributed by atoms with Crippen LogP contribution in [0, 0.1) is 0 Å². The molecule has 2 aromatic carbocycles. The van der Waals surface area contributed by atoms with Gasteiger partial charge in [-0.3, -0.25) is 9.36 Å². The van der Waals surface area contributed by atoms with Crippen molar-refractivity contribution in [2.24, 2.45) is 0 Å². The van der Waals surface area contributed by atoms with Gasteiger partial charge in [-0.1, -0.05) is 48.0 Å². The molecule has 4 aromatic rings. The molecule has 13 heteroatoms. The normalized spacial score (nSPS) is 15.4. The van der Waals surface area contributed by atoms with E-state index in [9.17, 15) is 9.59 Å². The summed E-state index contributed by atoms with van der Waals surface area (Å²) in [6, 6.07) is 15.9. The van der Waals surface area contributed by atoms with Crippen molar-refractivity contribution in [1.82, 2.24) is 29.7 Å². The second-order valence-corrected chi connectivity index (χ2v) is 10.6.